The topological polar surface area (TPSA) is 98.1 Å². The van der Waals surface area contributed by atoms with E-state index in [1.165, 1.54) is 6.07 Å². The molecule has 2 amide bonds. The summed E-state index contributed by atoms with van der Waals surface area (Å²) in [5.41, 5.74) is -0.815. The van der Waals surface area contributed by atoms with Gasteiger partial charge in [0.1, 0.15) is 5.75 Å². The molecule has 3 aromatic carbocycles. The van der Waals surface area contributed by atoms with Gasteiger partial charge in [0.25, 0.3) is 0 Å². The van der Waals surface area contributed by atoms with Crippen LogP contribution in [0.4, 0.5) is 32.0 Å². The first kappa shape index (κ1) is 35.9. The van der Waals surface area contributed by atoms with Crippen LogP contribution in [0.1, 0.15) is 61.3 Å². The van der Waals surface area contributed by atoms with Crippen molar-refractivity contribution in [3.05, 3.63) is 106 Å². The molecule has 0 unspecified atom stereocenters. The third-order valence-corrected chi connectivity index (χ3v) is 9.17. The second kappa shape index (κ2) is 14.2. The molecule has 1 fully saturated rings. The van der Waals surface area contributed by atoms with Crippen molar-refractivity contribution in [2.45, 2.75) is 57.5 Å². The minimum absolute atomic E-state index is 0.0434. The minimum Gasteiger partial charge on any atom is -0.508 e. The van der Waals surface area contributed by atoms with E-state index in [0.29, 0.717) is 53.0 Å². The Balaban J connectivity index is 1.49. The van der Waals surface area contributed by atoms with Crippen LogP contribution in [0.15, 0.2) is 83.9 Å². The predicted octanol–water partition coefficient (Wildman–Crippen LogP) is 8.03. The Kier molecular flexibility index (Phi) is 10.4. The number of rotatable bonds is 10. The highest BCUT2D eigenvalue weighted by Crippen LogP contribution is 2.49. The number of aliphatic hydroxyl groups is 2. The molecule has 260 valence electrons. The van der Waals surface area contributed by atoms with Gasteiger partial charge >= 0.3 is 12.4 Å². The number of alkyl halides is 6. The lowest BCUT2D eigenvalue weighted by Crippen LogP contribution is -2.39. The molecule has 12 heteroatoms. The number of aliphatic hydroxyl groups excluding tert-OH is 2. The summed E-state index contributed by atoms with van der Waals surface area (Å²) >= 11 is 0. The van der Waals surface area contributed by atoms with Gasteiger partial charge in [-0.15, -0.1) is 0 Å². The molecule has 1 heterocycles. The lowest BCUT2D eigenvalue weighted by molar-refractivity contribution is -0.143. The number of fused-ring (bicyclic) bond motifs is 1. The minimum atomic E-state index is -5.19. The Morgan fingerprint density at radius 3 is 2.14 bits per heavy atom. The molecular formula is C37H35F6NO5. The largest absolute Gasteiger partial charge is 0.508 e. The summed E-state index contributed by atoms with van der Waals surface area (Å²) in [4.78, 5) is 27.9. The molecule has 0 bridgehead atoms. The van der Waals surface area contributed by atoms with Crippen molar-refractivity contribution in [3.63, 3.8) is 0 Å². The molecule has 5 rings (SSSR count). The van der Waals surface area contributed by atoms with E-state index in [9.17, 15) is 51.3 Å². The van der Waals surface area contributed by atoms with Crippen LogP contribution in [0.3, 0.4) is 0 Å². The maximum atomic E-state index is 13.9. The normalized spacial score (nSPS) is 21.0. The van der Waals surface area contributed by atoms with E-state index in [1.807, 2.05) is 43.3 Å². The second-order valence-electron chi connectivity index (χ2n) is 12.4. The number of carbonyl (C=O) groups is 2. The maximum Gasteiger partial charge on any atom is 0.416 e. The molecule has 0 spiro atoms. The number of aromatic hydroxyl groups is 1. The quantitative estimate of drug-likeness (QED) is 0.0868. The molecule has 3 aromatic rings. The summed E-state index contributed by atoms with van der Waals surface area (Å²) in [7, 11) is 0. The molecule has 0 radical (unpaired) electrons. The fourth-order valence-electron chi connectivity index (χ4n) is 7.04. The van der Waals surface area contributed by atoms with E-state index in [1.54, 1.807) is 18.2 Å². The summed E-state index contributed by atoms with van der Waals surface area (Å²) < 4.78 is 81.9. The van der Waals surface area contributed by atoms with Gasteiger partial charge in [-0.3, -0.25) is 9.59 Å². The number of imide groups is 1. The van der Waals surface area contributed by atoms with Crippen molar-refractivity contribution in [1.82, 2.24) is 0 Å². The lowest BCUT2D eigenvalue weighted by Gasteiger charge is -2.36. The molecule has 49 heavy (non-hydrogen) atoms. The van der Waals surface area contributed by atoms with Crippen LogP contribution in [0.2, 0.25) is 0 Å². The third-order valence-electron chi connectivity index (χ3n) is 9.17. The molecule has 1 saturated heterocycles. The lowest BCUT2D eigenvalue weighted by atomic mass is 9.67. The van der Waals surface area contributed by atoms with E-state index in [-0.39, 0.29) is 24.7 Å². The van der Waals surface area contributed by atoms with E-state index in [0.717, 1.165) is 11.1 Å². The number of phenolic OH excluding ortho intramolecular Hbond substituents is 1. The molecule has 6 nitrogen and oxygen atoms in total. The second-order valence-corrected chi connectivity index (χ2v) is 12.4. The van der Waals surface area contributed by atoms with Crippen LogP contribution in [-0.4, -0.2) is 39.8 Å². The smallest absolute Gasteiger partial charge is 0.416 e. The van der Waals surface area contributed by atoms with Crippen molar-refractivity contribution in [1.29, 1.82) is 0 Å². The number of anilines is 1. The Morgan fingerprint density at radius 1 is 0.918 bits per heavy atom. The molecular weight excluding hydrogens is 652 g/mol. The van der Waals surface area contributed by atoms with E-state index >= 15 is 0 Å². The number of benzene rings is 3. The van der Waals surface area contributed by atoms with Crippen molar-refractivity contribution < 1.29 is 51.3 Å². The van der Waals surface area contributed by atoms with Gasteiger partial charge in [-0.05, 0) is 78.3 Å². The summed E-state index contributed by atoms with van der Waals surface area (Å²) in [5.74, 6) is -5.46. The summed E-state index contributed by atoms with van der Waals surface area (Å²) in [6.45, 7) is 1.17. The van der Waals surface area contributed by atoms with Gasteiger partial charge in [-0.1, -0.05) is 67.5 Å². The average Bonchev–Trinajstić information content (AvgIpc) is 3.30. The third kappa shape index (κ3) is 7.60. The molecule has 1 aliphatic heterocycles. The van der Waals surface area contributed by atoms with Crippen molar-refractivity contribution in [2.24, 2.45) is 17.8 Å². The molecule has 2 aliphatic rings. The molecule has 4 atom stereocenters. The maximum absolute atomic E-state index is 13.9. The average molecular weight is 688 g/mol. The number of carbonyl (C=O) groups excluding carboxylic acids is 2. The van der Waals surface area contributed by atoms with Crippen LogP contribution < -0.4 is 4.90 Å². The van der Waals surface area contributed by atoms with Gasteiger partial charge in [0.05, 0.1) is 41.4 Å². The van der Waals surface area contributed by atoms with Crippen LogP contribution in [0.25, 0.3) is 11.6 Å². The Labute approximate surface area is 279 Å². The molecule has 0 saturated carbocycles. The Morgan fingerprint density at radius 2 is 1.57 bits per heavy atom. The number of hydrogen-bond acceptors (Lipinski definition) is 5. The number of halogens is 6. The molecule has 3 N–H and O–H groups in total. The monoisotopic (exact) mass is 687 g/mol. The number of allylic oxidation sites excluding steroid dienone is 2. The number of hydrogen-bond donors (Lipinski definition) is 3. The molecule has 0 aromatic heterocycles. The van der Waals surface area contributed by atoms with Gasteiger partial charge in [-0.2, -0.15) is 26.3 Å². The fraction of sp³-hybridized carbons (Fsp3) is 0.351. The summed E-state index contributed by atoms with van der Waals surface area (Å²) in [6, 6.07) is 16.6. The highest BCUT2D eigenvalue weighted by atomic mass is 19.4. The standard InChI is InChI=1S/C37H35F6NO5/c1-2-7-24-16-29-33(35(49)44(34(29)48)27-18-25(36(38,39)40)17-26(19-27)37(41,42)43)30(20-45)32(24)31(47)13-12-23(22-9-4-3-5-10-22)14-21-8-6-11-28(46)15-21/h3-6,8-11,14-15,17-19,29-31,33,45-47H,2,7,12-13,16,20H2,1H3/b23-14-/t29-,30+,31-,33-/m1/s1. The zero-order valence-electron chi connectivity index (χ0n) is 26.4. The van der Waals surface area contributed by atoms with Crippen molar-refractivity contribution >= 4 is 29.2 Å². The van der Waals surface area contributed by atoms with Crippen LogP contribution in [0, 0.1) is 17.8 Å². The van der Waals surface area contributed by atoms with Crippen molar-refractivity contribution in [3.8, 4) is 5.75 Å². The Bertz CT molecular complexity index is 1730. The number of phenols is 1. The van der Waals surface area contributed by atoms with Gasteiger partial charge in [0, 0.05) is 5.92 Å². The Hall–Kier alpha value is -4.42. The highest BCUT2D eigenvalue weighted by molar-refractivity contribution is 6.22. The van der Waals surface area contributed by atoms with Crippen LogP contribution in [0.5, 0.6) is 5.75 Å². The summed E-state index contributed by atoms with van der Waals surface area (Å²) in [5, 5.41) is 32.3. The van der Waals surface area contributed by atoms with E-state index in [2.05, 4.69) is 0 Å². The number of amides is 2. The summed E-state index contributed by atoms with van der Waals surface area (Å²) in [6.07, 6.45) is -8.35. The molecule has 1 aliphatic carbocycles. The van der Waals surface area contributed by atoms with Crippen molar-refractivity contribution in [2.75, 3.05) is 11.5 Å². The van der Waals surface area contributed by atoms with Gasteiger partial charge < -0.3 is 15.3 Å². The van der Waals surface area contributed by atoms with Gasteiger partial charge in [0.15, 0.2) is 0 Å². The van der Waals surface area contributed by atoms with Crippen LogP contribution >= 0.6 is 0 Å². The number of nitrogens with zero attached hydrogens (tertiary/aromatic N) is 1. The first-order chi connectivity index (χ1) is 23.1. The SMILES string of the molecule is CCCC1=C([C@H](O)CC/C(=C/c2cccc(O)c2)c2ccccc2)[C@H](CO)[C@@H]2C(=O)N(c3cc(C(F)(F)F)cc(C(F)(F)F)c3)C(=O)[C@@H]2C1. The van der Waals surface area contributed by atoms with Crippen LogP contribution in [-0.2, 0) is 21.9 Å². The van der Waals surface area contributed by atoms with Gasteiger partial charge in [-0.25, -0.2) is 4.90 Å². The highest BCUT2D eigenvalue weighted by Gasteiger charge is 2.55. The van der Waals surface area contributed by atoms with Gasteiger partial charge in [0.2, 0.25) is 11.8 Å². The first-order valence-electron chi connectivity index (χ1n) is 15.9. The fourth-order valence-corrected chi connectivity index (χ4v) is 7.04. The predicted molar refractivity (Wildman–Crippen MR) is 171 cm³/mol. The zero-order chi connectivity index (χ0) is 35.7. The van der Waals surface area contributed by atoms with E-state index < -0.39 is 71.4 Å². The van der Waals surface area contributed by atoms with E-state index in [4.69, 9.17) is 0 Å². The zero-order valence-corrected chi connectivity index (χ0v) is 26.4. The first-order valence-corrected chi connectivity index (χ1v) is 15.9.